The lowest BCUT2D eigenvalue weighted by molar-refractivity contribution is -0.875. The lowest BCUT2D eigenvalue weighted by Crippen LogP contribution is -2.56. The standard InChI is InChI=1S/C15H27NO4/c1-16(2,3)11-15(20,10-14(18)19)13(17)9-8-12-6-4-5-7-12/h12,20H,4-11H2,1-3H3. The van der Waals surface area contributed by atoms with E-state index >= 15 is 0 Å². The first-order valence-electron chi connectivity index (χ1n) is 7.38. The van der Waals surface area contributed by atoms with Crippen LogP contribution in [-0.2, 0) is 9.59 Å². The molecule has 0 aromatic heterocycles. The average Bonchev–Trinajstić information content (AvgIpc) is 2.74. The van der Waals surface area contributed by atoms with Crippen LogP contribution in [0.5, 0.6) is 0 Å². The number of carbonyl (C=O) groups excluding carboxylic acids is 2. The van der Waals surface area contributed by atoms with Crippen LogP contribution in [0.3, 0.4) is 0 Å². The minimum atomic E-state index is -1.81. The lowest BCUT2D eigenvalue weighted by atomic mass is 9.88. The summed E-state index contributed by atoms with van der Waals surface area (Å²) in [4.78, 5) is 23.1. The van der Waals surface area contributed by atoms with Crippen LogP contribution in [0.15, 0.2) is 0 Å². The normalized spacial score (nSPS) is 19.8. The summed E-state index contributed by atoms with van der Waals surface area (Å²) in [7, 11) is 5.47. The molecule has 1 atom stereocenters. The van der Waals surface area contributed by atoms with Gasteiger partial charge >= 0.3 is 0 Å². The molecule has 0 amide bonds. The molecule has 1 rings (SSSR count). The average molecular weight is 285 g/mol. The number of carbonyl (C=O) groups is 2. The Morgan fingerprint density at radius 1 is 1.25 bits per heavy atom. The molecule has 1 N–H and O–H groups in total. The van der Waals surface area contributed by atoms with Crippen LogP contribution in [0.25, 0.3) is 0 Å². The summed E-state index contributed by atoms with van der Waals surface area (Å²) in [5.41, 5.74) is -1.81. The van der Waals surface area contributed by atoms with Crippen molar-refractivity contribution in [3.8, 4) is 0 Å². The molecule has 5 heteroatoms. The quantitative estimate of drug-likeness (QED) is 0.642. The van der Waals surface area contributed by atoms with Gasteiger partial charge in [-0.2, -0.15) is 0 Å². The zero-order valence-electron chi connectivity index (χ0n) is 12.9. The molecule has 1 aliphatic rings. The topological polar surface area (TPSA) is 77.4 Å². The predicted molar refractivity (Wildman–Crippen MR) is 73.7 cm³/mol. The van der Waals surface area contributed by atoms with Crippen molar-refractivity contribution in [3.05, 3.63) is 0 Å². The zero-order valence-corrected chi connectivity index (χ0v) is 12.9. The van der Waals surface area contributed by atoms with Crippen LogP contribution < -0.4 is 5.11 Å². The molecule has 0 aromatic rings. The maximum Gasteiger partial charge on any atom is 0.177 e. The summed E-state index contributed by atoms with van der Waals surface area (Å²) in [6.45, 7) is 0.0878. The van der Waals surface area contributed by atoms with Crippen molar-refractivity contribution in [3.63, 3.8) is 0 Å². The SMILES string of the molecule is C[N+](C)(C)CC(O)(CC(=O)[O-])C(=O)CCC1CCCC1. The third-order valence-electron chi connectivity index (χ3n) is 3.95. The molecule has 1 fully saturated rings. The molecule has 0 aliphatic heterocycles. The van der Waals surface area contributed by atoms with Crippen LogP contribution in [0.1, 0.15) is 44.9 Å². The molecule has 0 spiro atoms. The van der Waals surface area contributed by atoms with Gasteiger partial charge in [0.15, 0.2) is 11.4 Å². The smallest absolute Gasteiger partial charge is 0.177 e. The Kier molecular flexibility index (Phi) is 5.71. The van der Waals surface area contributed by atoms with Gasteiger partial charge < -0.3 is 19.5 Å². The summed E-state index contributed by atoms with van der Waals surface area (Å²) < 4.78 is 0.332. The molecule has 0 saturated heterocycles. The predicted octanol–water partition coefficient (Wildman–Crippen LogP) is 0.103. The Morgan fingerprint density at radius 3 is 2.25 bits per heavy atom. The molecule has 0 bridgehead atoms. The first-order valence-corrected chi connectivity index (χ1v) is 7.38. The van der Waals surface area contributed by atoms with E-state index < -0.39 is 18.0 Å². The fraction of sp³-hybridized carbons (Fsp3) is 0.867. The molecule has 20 heavy (non-hydrogen) atoms. The number of hydrogen-bond donors (Lipinski definition) is 1. The number of rotatable bonds is 8. The number of carboxylic acids is 1. The number of likely N-dealkylation sites (N-methyl/N-ethyl adjacent to an activating group) is 1. The van der Waals surface area contributed by atoms with Gasteiger partial charge in [-0.05, 0) is 12.3 Å². The Labute approximate surface area is 121 Å². The summed E-state index contributed by atoms with van der Waals surface area (Å²) in [5.74, 6) is -1.19. The summed E-state index contributed by atoms with van der Waals surface area (Å²) in [6, 6.07) is 0. The largest absolute Gasteiger partial charge is 0.550 e. The van der Waals surface area contributed by atoms with Gasteiger partial charge in [-0.15, -0.1) is 0 Å². The van der Waals surface area contributed by atoms with Crippen LogP contribution in [0.4, 0.5) is 0 Å². The molecule has 0 radical (unpaired) electrons. The fourth-order valence-corrected chi connectivity index (χ4v) is 3.13. The Hall–Kier alpha value is -0.940. The first-order chi connectivity index (χ1) is 9.12. The Bertz CT molecular complexity index is 355. The van der Waals surface area contributed by atoms with Crippen LogP contribution in [0, 0.1) is 5.92 Å². The zero-order chi connectivity index (χ0) is 15.4. The van der Waals surface area contributed by atoms with E-state index in [0.29, 0.717) is 10.4 Å². The van der Waals surface area contributed by atoms with E-state index in [4.69, 9.17) is 0 Å². The molecule has 116 valence electrons. The first kappa shape index (κ1) is 17.1. The van der Waals surface area contributed by atoms with E-state index in [2.05, 4.69) is 0 Å². The van der Waals surface area contributed by atoms with Gasteiger partial charge in [0, 0.05) is 18.8 Å². The van der Waals surface area contributed by atoms with E-state index in [1.165, 1.54) is 12.8 Å². The van der Waals surface area contributed by atoms with Crippen LogP contribution >= 0.6 is 0 Å². The number of aliphatic carboxylic acids is 1. The molecule has 5 nitrogen and oxygen atoms in total. The second kappa shape index (κ2) is 6.68. The highest BCUT2D eigenvalue weighted by molar-refractivity contribution is 5.90. The maximum atomic E-state index is 12.3. The van der Waals surface area contributed by atoms with Crippen molar-refractivity contribution in [1.29, 1.82) is 0 Å². The van der Waals surface area contributed by atoms with Gasteiger partial charge in [-0.1, -0.05) is 25.7 Å². The molecule has 0 aromatic carbocycles. The number of hydrogen-bond acceptors (Lipinski definition) is 4. The van der Waals surface area contributed by atoms with E-state index in [1.54, 1.807) is 0 Å². The number of carboxylic acid groups (broad SMARTS) is 1. The van der Waals surface area contributed by atoms with Gasteiger partial charge in [0.05, 0.1) is 21.1 Å². The second-order valence-corrected chi connectivity index (χ2v) is 7.14. The van der Waals surface area contributed by atoms with Gasteiger partial charge in [-0.25, -0.2) is 0 Å². The number of nitrogens with zero attached hydrogens (tertiary/aromatic N) is 1. The molecule has 1 aliphatic carbocycles. The van der Waals surface area contributed by atoms with Crippen molar-refractivity contribution in [2.45, 2.75) is 50.5 Å². The minimum absolute atomic E-state index is 0.0878. The third kappa shape index (κ3) is 5.59. The number of ketones is 1. The van der Waals surface area contributed by atoms with E-state index in [0.717, 1.165) is 19.3 Å². The molecule has 0 heterocycles. The Morgan fingerprint density at radius 2 is 1.80 bits per heavy atom. The van der Waals surface area contributed by atoms with Crippen molar-refractivity contribution in [1.82, 2.24) is 0 Å². The van der Waals surface area contributed by atoms with Crippen molar-refractivity contribution in [2.24, 2.45) is 5.92 Å². The highest BCUT2D eigenvalue weighted by Gasteiger charge is 2.40. The summed E-state index contributed by atoms with van der Waals surface area (Å²) in [6.07, 6.45) is 5.09. The van der Waals surface area contributed by atoms with E-state index in [1.807, 2.05) is 21.1 Å². The van der Waals surface area contributed by atoms with E-state index in [-0.39, 0.29) is 18.7 Å². The number of quaternary nitrogens is 1. The van der Waals surface area contributed by atoms with Crippen molar-refractivity contribution in [2.75, 3.05) is 27.7 Å². The number of Topliss-reactive ketones (excluding diaryl/α,β-unsaturated/α-hetero) is 1. The minimum Gasteiger partial charge on any atom is -0.550 e. The molecular formula is C15H27NO4. The second-order valence-electron chi connectivity index (χ2n) is 7.14. The fourth-order valence-electron chi connectivity index (χ4n) is 3.13. The maximum absolute atomic E-state index is 12.3. The van der Waals surface area contributed by atoms with Gasteiger partial charge in [0.2, 0.25) is 0 Å². The highest BCUT2D eigenvalue weighted by atomic mass is 16.4. The third-order valence-corrected chi connectivity index (χ3v) is 3.95. The van der Waals surface area contributed by atoms with Gasteiger partial charge in [-0.3, -0.25) is 4.79 Å². The molecule has 1 unspecified atom stereocenters. The summed E-state index contributed by atoms with van der Waals surface area (Å²) >= 11 is 0. The lowest BCUT2D eigenvalue weighted by Gasteiger charge is -2.35. The number of aliphatic hydroxyl groups is 1. The highest BCUT2D eigenvalue weighted by Crippen LogP contribution is 2.30. The monoisotopic (exact) mass is 285 g/mol. The molecule has 1 saturated carbocycles. The van der Waals surface area contributed by atoms with Crippen molar-refractivity contribution < 1.29 is 24.3 Å². The molecular weight excluding hydrogens is 258 g/mol. The van der Waals surface area contributed by atoms with Gasteiger partial charge in [0.1, 0.15) is 6.54 Å². The van der Waals surface area contributed by atoms with Gasteiger partial charge in [0.25, 0.3) is 0 Å². The Balaban J connectivity index is 2.65. The summed E-state index contributed by atoms with van der Waals surface area (Å²) in [5, 5.41) is 21.3. The van der Waals surface area contributed by atoms with Crippen LogP contribution in [0.2, 0.25) is 0 Å². The van der Waals surface area contributed by atoms with Crippen molar-refractivity contribution >= 4 is 11.8 Å². The van der Waals surface area contributed by atoms with Crippen LogP contribution in [-0.4, -0.2) is 54.6 Å². The van der Waals surface area contributed by atoms with E-state index in [9.17, 15) is 19.8 Å².